The van der Waals surface area contributed by atoms with E-state index in [0.717, 1.165) is 12.1 Å². The number of rotatable bonds is 5. The lowest BCUT2D eigenvalue weighted by Crippen LogP contribution is -2.46. The molecule has 3 rings (SSSR count). The van der Waals surface area contributed by atoms with E-state index >= 15 is 0 Å². The number of primary amides is 1. The van der Waals surface area contributed by atoms with Crippen LogP contribution in [0.1, 0.15) is 42.9 Å². The summed E-state index contributed by atoms with van der Waals surface area (Å²) in [6, 6.07) is 3.52. The molecule has 4 amide bonds. The highest BCUT2D eigenvalue weighted by atomic mass is 19.4. The summed E-state index contributed by atoms with van der Waals surface area (Å²) in [6.07, 6.45) is -2.57. The molecule has 2 heterocycles. The summed E-state index contributed by atoms with van der Waals surface area (Å²) in [6.45, 7) is 1.34. The van der Waals surface area contributed by atoms with Gasteiger partial charge in [-0.15, -0.1) is 0 Å². The molecule has 164 valence electrons. The van der Waals surface area contributed by atoms with Crippen LogP contribution in [0.15, 0.2) is 24.3 Å². The highest BCUT2D eigenvalue weighted by Crippen LogP contribution is 2.31. The average molecular weight is 426 g/mol. The molecular weight excluding hydrogens is 401 g/mol. The van der Waals surface area contributed by atoms with E-state index in [-0.39, 0.29) is 24.3 Å². The minimum Gasteiger partial charge on any atom is -0.351 e. The number of benzene rings is 1. The van der Waals surface area contributed by atoms with E-state index in [2.05, 4.69) is 5.32 Å². The van der Waals surface area contributed by atoms with Crippen LogP contribution in [-0.2, 0) is 15.8 Å². The van der Waals surface area contributed by atoms with Crippen LogP contribution < -0.4 is 11.1 Å². The highest BCUT2D eigenvalue weighted by Gasteiger charge is 2.33. The Morgan fingerprint density at radius 1 is 1.20 bits per heavy atom. The van der Waals surface area contributed by atoms with Gasteiger partial charge in [0.1, 0.15) is 0 Å². The molecule has 0 radical (unpaired) electrons. The van der Waals surface area contributed by atoms with Crippen LogP contribution in [0.5, 0.6) is 0 Å². The van der Waals surface area contributed by atoms with Crippen molar-refractivity contribution in [1.82, 2.24) is 15.1 Å². The Hall–Kier alpha value is -2.78. The number of likely N-dealkylation sites (tertiary alicyclic amines) is 2. The molecule has 2 aliphatic rings. The van der Waals surface area contributed by atoms with E-state index in [9.17, 15) is 27.6 Å². The minimum absolute atomic E-state index is 0.0732. The summed E-state index contributed by atoms with van der Waals surface area (Å²) in [5.74, 6) is -0.743. The molecule has 3 N–H and O–H groups in total. The van der Waals surface area contributed by atoms with Crippen molar-refractivity contribution in [1.29, 1.82) is 0 Å². The second kappa shape index (κ2) is 8.93. The van der Waals surface area contributed by atoms with Crippen LogP contribution in [0.4, 0.5) is 18.0 Å². The number of carbonyl (C=O) groups is 3. The number of alkyl halides is 3. The SMILES string of the molecule is NC(=O)N1CCC(C(=O)NC(CN2CCCC2=O)c2cccc(C(F)(F)F)c2)CC1. The minimum atomic E-state index is -4.50. The first-order valence-corrected chi connectivity index (χ1v) is 9.95. The number of hydrogen-bond donors (Lipinski definition) is 2. The molecule has 7 nitrogen and oxygen atoms in total. The molecule has 1 unspecified atom stereocenters. The van der Waals surface area contributed by atoms with Gasteiger partial charge in [-0.1, -0.05) is 12.1 Å². The number of nitrogens with two attached hydrogens (primary N) is 1. The first kappa shape index (κ1) is 21.9. The van der Waals surface area contributed by atoms with Crippen LogP contribution in [0.2, 0.25) is 0 Å². The third-order valence-corrected chi connectivity index (χ3v) is 5.68. The molecule has 0 aliphatic carbocycles. The van der Waals surface area contributed by atoms with Crippen LogP contribution in [-0.4, -0.2) is 53.8 Å². The van der Waals surface area contributed by atoms with Gasteiger partial charge in [0.15, 0.2) is 0 Å². The molecule has 0 saturated carbocycles. The molecule has 10 heteroatoms. The third kappa shape index (κ3) is 5.22. The van der Waals surface area contributed by atoms with Crippen LogP contribution in [0.3, 0.4) is 0 Å². The number of nitrogens with zero attached hydrogens (tertiary/aromatic N) is 2. The summed E-state index contributed by atoms with van der Waals surface area (Å²) >= 11 is 0. The maximum atomic E-state index is 13.2. The van der Waals surface area contributed by atoms with Gasteiger partial charge < -0.3 is 20.9 Å². The van der Waals surface area contributed by atoms with Gasteiger partial charge in [0.25, 0.3) is 0 Å². The number of nitrogens with one attached hydrogen (secondary N) is 1. The van der Waals surface area contributed by atoms with Crippen molar-refractivity contribution in [2.24, 2.45) is 11.7 Å². The smallest absolute Gasteiger partial charge is 0.351 e. The molecule has 2 fully saturated rings. The number of carbonyl (C=O) groups excluding carboxylic acids is 3. The van der Waals surface area contributed by atoms with Gasteiger partial charge >= 0.3 is 12.2 Å². The van der Waals surface area contributed by atoms with Gasteiger partial charge in [-0.3, -0.25) is 9.59 Å². The van der Waals surface area contributed by atoms with E-state index in [1.165, 1.54) is 17.0 Å². The van der Waals surface area contributed by atoms with E-state index in [0.29, 0.717) is 50.9 Å². The molecule has 1 aromatic rings. The summed E-state index contributed by atoms with van der Waals surface area (Å²) in [4.78, 5) is 39.1. The van der Waals surface area contributed by atoms with Crippen molar-refractivity contribution in [2.75, 3.05) is 26.2 Å². The first-order valence-electron chi connectivity index (χ1n) is 9.95. The lowest BCUT2D eigenvalue weighted by atomic mass is 9.95. The largest absolute Gasteiger partial charge is 0.416 e. The average Bonchev–Trinajstić information content (AvgIpc) is 3.11. The Morgan fingerprint density at radius 2 is 1.90 bits per heavy atom. The first-order chi connectivity index (χ1) is 14.1. The highest BCUT2D eigenvalue weighted by molar-refractivity contribution is 5.80. The molecule has 0 aromatic heterocycles. The third-order valence-electron chi connectivity index (χ3n) is 5.68. The zero-order valence-corrected chi connectivity index (χ0v) is 16.5. The van der Waals surface area contributed by atoms with E-state index in [4.69, 9.17) is 5.73 Å². The van der Waals surface area contributed by atoms with E-state index < -0.39 is 23.8 Å². The van der Waals surface area contributed by atoms with Crippen LogP contribution in [0.25, 0.3) is 0 Å². The van der Waals surface area contributed by atoms with Crippen molar-refractivity contribution in [2.45, 2.75) is 37.9 Å². The van der Waals surface area contributed by atoms with Gasteiger partial charge in [-0.2, -0.15) is 13.2 Å². The predicted molar refractivity (Wildman–Crippen MR) is 102 cm³/mol. The fraction of sp³-hybridized carbons (Fsp3) is 0.550. The molecule has 2 saturated heterocycles. The van der Waals surface area contributed by atoms with Crippen molar-refractivity contribution < 1.29 is 27.6 Å². The van der Waals surface area contributed by atoms with E-state index in [1.807, 2.05) is 0 Å². The predicted octanol–water partition coefficient (Wildman–Crippen LogP) is 2.28. The fourth-order valence-corrected chi connectivity index (χ4v) is 3.94. The summed E-state index contributed by atoms with van der Waals surface area (Å²) in [7, 11) is 0. The molecule has 0 spiro atoms. The molecule has 1 atom stereocenters. The second-order valence-corrected chi connectivity index (χ2v) is 7.73. The number of urea groups is 1. The van der Waals surface area contributed by atoms with E-state index in [1.54, 1.807) is 4.90 Å². The summed E-state index contributed by atoms with van der Waals surface area (Å²) in [5, 5.41) is 2.84. The molecular formula is C20H25F3N4O3. The second-order valence-electron chi connectivity index (χ2n) is 7.73. The molecule has 2 aliphatic heterocycles. The van der Waals surface area contributed by atoms with Gasteiger partial charge in [0.05, 0.1) is 11.6 Å². The van der Waals surface area contributed by atoms with Gasteiger partial charge in [0.2, 0.25) is 11.8 Å². The maximum Gasteiger partial charge on any atom is 0.416 e. The monoisotopic (exact) mass is 426 g/mol. The van der Waals surface area contributed by atoms with Crippen LogP contribution >= 0.6 is 0 Å². The normalized spacial score (nSPS) is 19.1. The van der Waals surface area contributed by atoms with Gasteiger partial charge in [-0.25, -0.2) is 4.79 Å². The zero-order chi connectivity index (χ0) is 21.9. The van der Waals surface area contributed by atoms with Gasteiger partial charge in [-0.05, 0) is 37.0 Å². The fourth-order valence-electron chi connectivity index (χ4n) is 3.94. The maximum absolute atomic E-state index is 13.2. The number of piperidine rings is 1. The Morgan fingerprint density at radius 3 is 2.47 bits per heavy atom. The van der Waals surface area contributed by atoms with Gasteiger partial charge in [0, 0.05) is 38.5 Å². The lowest BCUT2D eigenvalue weighted by Gasteiger charge is -2.32. The Bertz CT molecular complexity index is 807. The number of halogens is 3. The quantitative estimate of drug-likeness (QED) is 0.756. The van der Waals surface area contributed by atoms with Crippen molar-refractivity contribution >= 4 is 17.8 Å². The summed E-state index contributed by atoms with van der Waals surface area (Å²) < 4.78 is 39.5. The topological polar surface area (TPSA) is 95.7 Å². The van der Waals surface area contributed by atoms with Crippen LogP contribution in [0, 0.1) is 5.92 Å². The lowest BCUT2D eigenvalue weighted by molar-refractivity contribution is -0.137. The molecule has 30 heavy (non-hydrogen) atoms. The Balaban J connectivity index is 1.76. The summed E-state index contributed by atoms with van der Waals surface area (Å²) in [5.41, 5.74) is 4.75. The van der Waals surface area contributed by atoms with Crippen molar-refractivity contribution in [3.63, 3.8) is 0 Å². The Kier molecular flexibility index (Phi) is 6.52. The van der Waals surface area contributed by atoms with Crippen molar-refractivity contribution in [3.05, 3.63) is 35.4 Å². The van der Waals surface area contributed by atoms with Crippen molar-refractivity contribution in [3.8, 4) is 0 Å². The number of hydrogen-bond acceptors (Lipinski definition) is 3. The molecule has 0 bridgehead atoms. The zero-order valence-electron chi connectivity index (χ0n) is 16.5. The number of amides is 4. The molecule has 1 aromatic carbocycles. The standard InChI is InChI=1S/C20H25F3N4O3/c21-20(22,23)15-4-1-3-14(11-15)16(12-27-8-2-5-17(27)28)25-18(29)13-6-9-26(10-7-13)19(24)30/h1,3-4,11,13,16H,2,5-10,12H2,(H2,24,30)(H,25,29). The Labute approximate surface area is 172 Å².